The Labute approximate surface area is 181 Å². The Morgan fingerprint density at radius 3 is 2.66 bits per heavy atom. The van der Waals surface area contributed by atoms with Crippen LogP contribution < -0.4 is 10.1 Å². The largest absolute Gasteiger partial charge is 0.507 e. The molecule has 7 nitrogen and oxygen atoms in total. The van der Waals surface area contributed by atoms with Crippen molar-refractivity contribution in [3.05, 3.63) is 46.9 Å². The predicted molar refractivity (Wildman–Crippen MR) is 117 cm³/mol. The van der Waals surface area contributed by atoms with Gasteiger partial charge in [-0.15, -0.1) is 10.2 Å². The summed E-state index contributed by atoms with van der Waals surface area (Å²) in [5.41, 5.74) is 1.29. The van der Waals surface area contributed by atoms with Crippen LogP contribution in [0.25, 0.3) is 11.4 Å². The van der Waals surface area contributed by atoms with E-state index in [9.17, 15) is 9.90 Å². The fourth-order valence-corrected chi connectivity index (χ4v) is 3.86. The maximum atomic E-state index is 12.3. The topological polar surface area (TPSA) is 89.3 Å². The molecule has 0 unspecified atom stereocenters. The summed E-state index contributed by atoms with van der Waals surface area (Å²) in [5, 5.41) is 22.1. The third-order valence-electron chi connectivity index (χ3n) is 4.01. The van der Waals surface area contributed by atoms with Gasteiger partial charge in [-0.1, -0.05) is 27.7 Å². The highest BCUT2D eigenvalue weighted by Gasteiger charge is 2.17. The number of benzene rings is 2. The van der Waals surface area contributed by atoms with Crippen LogP contribution in [0.4, 0.5) is 5.69 Å². The van der Waals surface area contributed by atoms with Gasteiger partial charge in [-0.25, -0.2) is 0 Å². The first kappa shape index (κ1) is 21.2. The second-order valence-corrected chi connectivity index (χ2v) is 7.86. The van der Waals surface area contributed by atoms with E-state index in [0.29, 0.717) is 35.4 Å². The van der Waals surface area contributed by atoms with Gasteiger partial charge in [-0.3, -0.25) is 4.79 Å². The number of rotatable bonds is 8. The number of thioether (sulfide) groups is 1. The van der Waals surface area contributed by atoms with E-state index in [0.717, 1.165) is 10.2 Å². The minimum Gasteiger partial charge on any atom is -0.507 e. The predicted octanol–water partition coefficient (Wildman–Crippen LogP) is 4.56. The van der Waals surface area contributed by atoms with Gasteiger partial charge in [0.15, 0.2) is 11.0 Å². The molecule has 9 heteroatoms. The molecule has 3 aromatic rings. The zero-order valence-corrected chi connectivity index (χ0v) is 18.5. The molecule has 0 aliphatic rings. The van der Waals surface area contributed by atoms with Gasteiger partial charge in [0.05, 0.1) is 17.9 Å². The third-order valence-corrected chi connectivity index (χ3v) is 5.47. The van der Waals surface area contributed by atoms with Crippen LogP contribution in [0.3, 0.4) is 0 Å². The van der Waals surface area contributed by atoms with Crippen molar-refractivity contribution in [1.82, 2.24) is 14.8 Å². The van der Waals surface area contributed by atoms with Crippen LogP contribution in [0, 0.1) is 0 Å². The first-order chi connectivity index (χ1) is 14.0. The van der Waals surface area contributed by atoms with E-state index in [4.69, 9.17) is 4.74 Å². The Balaban J connectivity index is 1.67. The summed E-state index contributed by atoms with van der Waals surface area (Å²) in [6.45, 7) is 5.09. The molecule has 152 valence electrons. The molecule has 1 heterocycles. The number of ether oxygens (including phenoxy) is 1. The average Bonchev–Trinajstić information content (AvgIpc) is 3.12. The zero-order valence-electron chi connectivity index (χ0n) is 16.1. The second-order valence-electron chi connectivity index (χ2n) is 6.01. The number of aromatic nitrogens is 3. The molecule has 0 aliphatic heterocycles. The number of hydrogen-bond acceptors (Lipinski definition) is 6. The number of phenols is 1. The van der Waals surface area contributed by atoms with Crippen LogP contribution in [-0.2, 0) is 11.3 Å². The number of anilines is 1. The summed E-state index contributed by atoms with van der Waals surface area (Å²) in [5.74, 6) is 1.49. The van der Waals surface area contributed by atoms with E-state index in [1.807, 2.05) is 30.5 Å². The lowest BCUT2D eigenvalue weighted by molar-refractivity contribution is -0.113. The zero-order chi connectivity index (χ0) is 20.8. The minimum atomic E-state index is -0.142. The Hall–Kier alpha value is -2.52. The van der Waals surface area contributed by atoms with Crippen LogP contribution in [0.2, 0.25) is 0 Å². The molecule has 0 spiro atoms. The fraction of sp³-hybridized carbons (Fsp3) is 0.250. The van der Waals surface area contributed by atoms with Gasteiger partial charge < -0.3 is 19.7 Å². The fourth-order valence-electron chi connectivity index (χ4n) is 2.70. The Bertz CT molecular complexity index is 992. The van der Waals surface area contributed by atoms with Crippen LogP contribution in [-0.4, -0.2) is 38.1 Å². The number of halogens is 1. The molecule has 1 amide bonds. The monoisotopic (exact) mass is 476 g/mol. The average molecular weight is 477 g/mol. The Kier molecular flexibility index (Phi) is 7.16. The van der Waals surface area contributed by atoms with Crippen LogP contribution >= 0.6 is 27.7 Å². The quantitative estimate of drug-likeness (QED) is 0.463. The molecule has 0 aliphatic carbocycles. The van der Waals surface area contributed by atoms with Gasteiger partial charge in [0.25, 0.3) is 0 Å². The highest BCUT2D eigenvalue weighted by atomic mass is 79.9. The molecule has 0 bridgehead atoms. The normalized spacial score (nSPS) is 10.7. The van der Waals surface area contributed by atoms with Crippen molar-refractivity contribution in [1.29, 1.82) is 0 Å². The van der Waals surface area contributed by atoms with Crippen LogP contribution in [0.1, 0.15) is 13.8 Å². The molecule has 29 heavy (non-hydrogen) atoms. The molecular weight excluding hydrogens is 456 g/mol. The summed E-state index contributed by atoms with van der Waals surface area (Å²) >= 11 is 4.70. The van der Waals surface area contributed by atoms with Crippen LogP contribution in [0.15, 0.2) is 52.1 Å². The summed E-state index contributed by atoms with van der Waals surface area (Å²) in [7, 11) is 0. The molecule has 0 saturated heterocycles. The Morgan fingerprint density at radius 1 is 1.21 bits per heavy atom. The number of aromatic hydroxyl groups is 1. The van der Waals surface area contributed by atoms with Gasteiger partial charge in [0, 0.05) is 16.7 Å². The second kappa shape index (κ2) is 9.80. The molecule has 3 rings (SSSR count). The SMILES string of the molecule is CCOc1ccc(NC(=O)CSc2nnc(-c3cc(Br)ccc3O)n2CC)cc1. The molecule has 0 radical (unpaired) electrons. The molecular formula is C20H21BrN4O3S. The van der Waals surface area contributed by atoms with Crippen molar-refractivity contribution in [3.8, 4) is 22.9 Å². The van der Waals surface area contributed by atoms with E-state index in [-0.39, 0.29) is 17.4 Å². The molecule has 0 atom stereocenters. The van der Waals surface area contributed by atoms with Crippen molar-refractivity contribution in [2.75, 3.05) is 17.7 Å². The molecule has 1 aromatic heterocycles. The van der Waals surface area contributed by atoms with E-state index in [1.54, 1.807) is 30.3 Å². The molecule has 2 N–H and O–H groups in total. The van der Waals surface area contributed by atoms with Gasteiger partial charge >= 0.3 is 0 Å². The van der Waals surface area contributed by atoms with Crippen molar-refractivity contribution in [2.24, 2.45) is 0 Å². The highest BCUT2D eigenvalue weighted by molar-refractivity contribution is 9.10. The van der Waals surface area contributed by atoms with E-state index in [2.05, 4.69) is 31.4 Å². The standard InChI is InChI=1S/C20H21BrN4O3S/c1-3-25-19(16-11-13(21)5-10-17(16)26)23-24-20(25)29-12-18(27)22-14-6-8-15(9-7-14)28-4-2/h5-11,26H,3-4,12H2,1-2H3,(H,22,27). The smallest absolute Gasteiger partial charge is 0.234 e. The highest BCUT2D eigenvalue weighted by Crippen LogP contribution is 2.32. The van der Waals surface area contributed by atoms with Crippen molar-refractivity contribution < 1.29 is 14.6 Å². The molecule has 0 saturated carbocycles. The van der Waals surface area contributed by atoms with E-state index >= 15 is 0 Å². The lowest BCUT2D eigenvalue weighted by Gasteiger charge is -2.09. The molecule has 0 fully saturated rings. The number of carbonyl (C=O) groups excluding carboxylic acids is 1. The maximum absolute atomic E-state index is 12.3. The Morgan fingerprint density at radius 2 is 1.97 bits per heavy atom. The summed E-state index contributed by atoms with van der Waals surface area (Å²) in [4.78, 5) is 12.3. The third kappa shape index (κ3) is 5.30. The van der Waals surface area contributed by atoms with Gasteiger partial charge in [0.2, 0.25) is 5.91 Å². The first-order valence-electron chi connectivity index (χ1n) is 9.09. The number of phenolic OH excluding ortho intramolecular Hbond substituents is 1. The van der Waals surface area contributed by atoms with Gasteiger partial charge in [0.1, 0.15) is 11.5 Å². The first-order valence-corrected chi connectivity index (χ1v) is 10.9. The van der Waals surface area contributed by atoms with Gasteiger partial charge in [-0.05, 0) is 56.3 Å². The van der Waals surface area contributed by atoms with Crippen molar-refractivity contribution in [3.63, 3.8) is 0 Å². The van der Waals surface area contributed by atoms with E-state index in [1.165, 1.54) is 11.8 Å². The number of nitrogens with one attached hydrogen (secondary N) is 1. The van der Waals surface area contributed by atoms with Crippen LogP contribution in [0.5, 0.6) is 11.5 Å². The number of nitrogens with zero attached hydrogens (tertiary/aromatic N) is 3. The lowest BCUT2D eigenvalue weighted by atomic mass is 10.2. The summed E-state index contributed by atoms with van der Waals surface area (Å²) < 4.78 is 8.10. The summed E-state index contributed by atoms with van der Waals surface area (Å²) in [6.07, 6.45) is 0. The summed E-state index contributed by atoms with van der Waals surface area (Å²) in [6, 6.07) is 12.4. The number of hydrogen-bond donors (Lipinski definition) is 2. The number of carbonyl (C=O) groups is 1. The number of amides is 1. The lowest BCUT2D eigenvalue weighted by Crippen LogP contribution is -2.14. The van der Waals surface area contributed by atoms with Crippen molar-refractivity contribution >= 4 is 39.3 Å². The van der Waals surface area contributed by atoms with Crippen molar-refractivity contribution in [2.45, 2.75) is 25.5 Å². The molecule has 2 aromatic carbocycles. The minimum absolute atomic E-state index is 0.125. The van der Waals surface area contributed by atoms with Gasteiger partial charge in [-0.2, -0.15) is 0 Å². The maximum Gasteiger partial charge on any atom is 0.234 e. The van der Waals surface area contributed by atoms with E-state index < -0.39 is 0 Å².